The zero-order valence-electron chi connectivity index (χ0n) is 24.7. The predicted molar refractivity (Wildman–Crippen MR) is 154 cm³/mol. The highest BCUT2D eigenvalue weighted by atomic mass is 32.2. The minimum Gasteiger partial charge on any atom is -0.496 e. The van der Waals surface area contributed by atoms with Gasteiger partial charge >= 0.3 is 17.9 Å². The van der Waals surface area contributed by atoms with Crippen LogP contribution in [-0.4, -0.2) is 77.8 Å². The van der Waals surface area contributed by atoms with Crippen molar-refractivity contribution in [3.63, 3.8) is 0 Å². The third-order valence-electron chi connectivity index (χ3n) is 7.23. The lowest BCUT2D eigenvalue weighted by molar-refractivity contribution is -0.184. The van der Waals surface area contributed by atoms with Crippen molar-refractivity contribution in [1.29, 1.82) is 0 Å². The Morgan fingerprint density at radius 1 is 0.907 bits per heavy atom. The summed E-state index contributed by atoms with van der Waals surface area (Å²) in [7, 11) is 2.84. The number of esters is 3. The second-order valence-corrected chi connectivity index (χ2v) is 12.7. The lowest BCUT2D eigenvalue weighted by Gasteiger charge is -2.43. The van der Waals surface area contributed by atoms with Crippen LogP contribution in [-0.2, 0) is 40.0 Å². The summed E-state index contributed by atoms with van der Waals surface area (Å²) in [5.74, 6) is -2.99. The Bertz CT molecular complexity index is 1390. The smallest absolute Gasteiger partial charge is 0.333 e. The van der Waals surface area contributed by atoms with Crippen molar-refractivity contribution in [2.45, 2.75) is 56.5 Å². The molecule has 0 radical (unpaired) electrons. The van der Waals surface area contributed by atoms with E-state index in [0.29, 0.717) is 0 Å². The van der Waals surface area contributed by atoms with E-state index < -0.39 is 64.1 Å². The number of thioether (sulfide) groups is 1. The Morgan fingerprint density at radius 3 is 2.12 bits per heavy atom. The fourth-order valence-electron chi connectivity index (χ4n) is 4.80. The summed E-state index contributed by atoms with van der Waals surface area (Å²) in [5, 5.41) is 2.19. The third kappa shape index (κ3) is 6.26. The highest BCUT2D eigenvalue weighted by molar-refractivity contribution is 8.01. The first-order valence-corrected chi connectivity index (χ1v) is 14.3. The van der Waals surface area contributed by atoms with Gasteiger partial charge in [0.05, 0.1) is 14.2 Å². The summed E-state index contributed by atoms with van der Waals surface area (Å²) >= 11 is 1.33. The number of rotatable bonds is 11. The summed E-state index contributed by atoms with van der Waals surface area (Å²) in [4.78, 5) is 65.9. The molecule has 2 amide bonds. The van der Waals surface area contributed by atoms with Gasteiger partial charge < -0.3 is 33.9 Å². The minimum atomic E-state index is -1.66. The monoisotopic (exact) mass is 614 g/mol. The van der Waals surface area contributed by atoms with E-state index in [1.54, 1.807) is 56.3 Å². The number of hydrogen-bond donors (Lipinski definition) is 1. The van der Waals surface area contributed by atoms with Gasteiger partial charge in [0.2, 0.25) is 12.7 Å². The van der Waals surface area contributed by atoms with E-state index in [1.165, 1.54) is 44.7 Å². The summed E-state index contributed by atoms with van der Waals surface area (Å²) in [6.45, 7) is 5.47. The van der Waals surface area contributed by atoms with Crippen molar-refractivity contribution < 1.29 is 47.7 Å². The lowest BCUT2D eigenvalue weighted by atomic mass is 9.94. The van der Waals surface area contributed by atoms with Gasteiger partial charge in [0.1, 0.15) is 41.1 Å². The molecule has 4 rings (SSSR count). The van der Waals surface area contributed by atoms with E-state index in [0.717, 1.165) is 5.56 Å². The number of carbonyl (C=O) groups is 5. The average molecular weight is 615 g/mol. The number of fused-ring (bicyclic) bond motifs is 1. The molecular formula is C30H34N2O10S. The van der Waals surface area contributed by atoms with Crippen LogP contribution in [0.5, 0.6) is 11.5 Å². The molecule has 2 aromatic carbocycles. The largest absolute Gasteiger partial charge is 0.496 e. The van der Waals surface area contributed by atoms with Gasteiger partial charge in [0.15, 0.2) is 5.41 Å². The molecule has 43 heavy (non-hydrogen) atoms. The maximum absolute atomic E-state index is 13.2. The van der Waals surface area contributed by atoms with Gasteiger partial charge in [-0.1, -0.05) is 36.4 Å². The van der Waals surface area contributed by atoms with E-state index in [4.69, 9.17) is 23.7 Å². The maximum Gasteiger partial charge on any atom is 0.333 e. The number of nitrogens with zero attached hydrogens (tertiary/aromatic N) is 1. The number of amides is 2. The number of carbonyl (C=O) groups excluding carboxylic acids is 5. The molecule has 2 saturated heterocycles. The molecule has 0 bridgehead atoms. The Morgan fingerprint density at radius 2 is 1.51 bits per heavy atom. The molecule has 2 aliphatic rings. The number of nitrogens with one attached hydrogen (secondary N) is 1. The van der Waals surface area contributed by atoms with Crippen LogP contribution in [0.3, 0.4) is 0 Å². The number of ether oxygens (including phenoxy) is 5. The van der Waals surface area contributed by atoms with Crippen LogP contribution < -0.4 is 14.8 Å². The van der Waals surface area contributed by atoms with Crippen LogP contribution in [0.25, 0.3) is 0 Å². The molecule has 0 aromatic heterocycles. The molecule has 12 nitrogen and oxygen atoms in total. The number of benzene rings is 2. The van der Waals surface area contributed by atoms with Crippen molar-refractivity contribution in [2.24, 2.45) is 5.41 Å². The van der Waals surface area contributed by atoms with Gasteiger partial charge in [-0.05, 0) is 45.4 Å². The molecule has 1 unspecified atom stereocenters. The number of methoxy groups -OCH3 is 2. The van der Waals surface area contributed by atoms with Crippen molar-refractivity contribution >= 4 is 41.5 Å². The Kier molecular flexibility index (Phi) is 9.24. The van der Waals surface area contributed by atoms with Crippen LogP contribution >= 0.6 is 11.8 Å². The van der Waals surface area contributed by atoms with E-state index in [2.05, 4.69) is 5.32 Å². The normalized spacial score (nSPS) is 20.3. The van der Waals surface area contributed by atoms with Crippen LogP contribution in [0.1, 0.15) is 43.6 Å². The molecule has 2 aliphatic heterocycles. The predicted octanol–water partition coefficient (Wildman–Crippen LogP) is 2.68. The quantitative estimate of drug-likeness (QED) is 0.172. The SMILES string of the molecule is COc1cccc(OC)c1C(=O)NC1C(=O)N2[C@@H]1SC(C)(C)[C@@H]2C(=O)OCOC(=O)C(C)(C)C(=O)OCc1ccccc1. The molecule has 0 spiro atoms. The maximum atomic E-state index is 13.2. The summed E-state index contributed by atoms with van der Waals surface area (Å²) in [5.41, 5.74) is -0.755. The van der Waals surface area contributed by atoms with E-state index in [1.807, 2.05) is 6.07 Å². The van der Waals surface area contributed by atoms with E-state index in [-0.39, 0.29) is 23.7 Å². The molecule has 2 fully saturated rings. The lowest BCUT2D eigenvalue weighted by Crippen LogP contribution is -2.70. The van der Waals surface area contributed by atoms with Crippen LogP contribution in [0.15, 0.2) is 48.5 Å². The Labute approximate surface area is 253 Å². The molecule has 13 heteroatoms. The van der Waals surface area contributed by atoms with Gasteiger partial charge in [-0.15, -0.1) is 11.8 Å². The zero-order valence-corrected chi connectivity index (χ0v) is 25.5. The van der Waals surface area contributed by atoms with Crippen molar-refractivity contribution in [2.75, 3.05) is 21.0 Å². The highest BCUT2D eigenvalue weighted by Gasteiger charge is 2.64. The van der Waals surface area contributed by atoms with Gasteiger partial charge in [0, 0.05) is 4.75 Å². The second-order valence-electron chi connectivity index (χ2n) is 10.9. The molecule has 1 N–H and O–H groups in total. The van der Waals surface area contributed by atoms with E-state index in [9.17, 15) is 24.0 Å². The third-order valence-corrected chi connectivity index (χ3v) is 8.80. The fraction of sp³-hybridized carbons (Fsp3) is 0.433. The Hall–Kier alpha value is -4.26. The first-order chi connectivity index (χ1) is 20.3. The summed E-state index contributed by atoms with van der Waals surface area (Å²) < 4.78 is 25.3. The standard InChI is InChI=1S/C30H34N2O10S/c1-29(2,27(36)40-15-17-11-8-7-9-12-17)28(37)42-16-41-26(35)22-30(3,4)43-25-21(24(34)32(22)25)31-23(33)20-18(38-5)13-10-14-19(20)39-6/h7-14,21-22,25H,15-16H2,1-6H3,(H,31,33)/t21?,22-,25+/m0/s1. The van der Waals surface area contributed by atoms with Crippen molar-refractivity contribution in [1.82, 2.24) is 10.2 Å². The van der Waals surface area contributed by atoms with Crippen LogP contribution in [0.4, 0.5) is 0 Å². The Balaban J connectivity index is 1.33. The van der Waals surface area contributed by atoms with Crippen molar-refractivity contribution in [3.05, 3.63) is 59.7 Å². The average Bonchev–Trinajstić information content (AvgIpc) is 3.25. The molecule has 0 saturated carbocycles. The van der Waals surface area contributed by atoms with Crippen molar-refractivity contribution in [3.8, 4) is 11.5 Å². The molecule has 2 heterocycles. The van der Waals surface area contributed by atoms with Crippen LogP contribution in [0, 0.1) is 5.41 Å². The van der Waals surface area contributed by atoms with Crippen LogP contribution in [0.2, 0.25) is 0 Å². The van der Waals surface area contributed by atoms with Gasteiger partial charge in [-0.25, -0.2) is 4.79 Å². The van der Waals surface area contributed by atoms with Gasteiger partial charge in [0.25, 0.3) is 5.91 Å². The number of hydrogen-bond acceptors (Lipinski definition) is 11. The molecular weight excluding hydrogens is 580 g/mol. The summed E-state index contributed by atoms with van der Waals surface area (Å²) in [6.07, 6.45) is 0. The number of β-lactam (4-membered cyclic amide) rings is 1. The second kappa shape index (κ2) is 12.5. The topological polar surface area (TPSA) is 147 Å². The van der Waals surface area contributed by atoms with Gasteiger partial charge in [-0.2, -0.15) is 0 Å². The first-order valence-electron chi connectivity index (χ1n) is 13.4. The highest BCUT2D eigenvalue weighted by Crippen LogP contribution is 2.51. The van der Waals surface area contributed by atoms with Gasteiger partial charge in [-0.3, -0.25) is 19.2 Å². The minimum absolute atomic E-state index is 0.0152. The molecule has 3 atom stereocenters. The molecule has 230 valence electrons. The molecule has 0 aliphatic carbocycles. The summed E-state index contributed by atoms with van der Waals surface area (Å²) in [6, 6.07) is 12.0. The molecule has 2 aromatic rings. The zero-order chi connectivity index (χ0) is 31.5. The first kappa shape index (κ1) is 31.7. The van der Waals surface area contributed by atoms with E-state index >= 15 is 0 Å². The fourth-order valence-corrected chi connectivity index (χ4v) is 6.42.